The Morgan fingerprint density at radius 3 is 2.69 bits per heavy atom. The monoisotopic (exact) mass is 466 g/mol. The van der Waals surface area contributed by atoms with Crippen molar-refractivity contribution in [1.82, 2.24) is 20.5 Å². The molecular weight excluding hydrogens is 444 g/mol. The van der Waals surface area contributed by atoms with Crippen molar-refractivity contribution in [3.05, 3.63) is 75.6 Å². The minimum atomic E-state index is -0.536. The number of carbonyl (C=O) groups is 2. The molecule has 32 heavy (non-hydrogen) atoms. The number of halogens is 1. The van der Waals surface area contributed by atoms with E-state index in [9.17, 15) is 9.59 Å². The molecule has 3 aromatic rings. The minimum Gasteiger partial charge on any atom is -0.342 e. The van der Waals surface area contributed by atoms with Crippen molar-refractivity contribution in [2.45, 2.75) is 37.5 Å². The highest BCUT2D eigenvalue weighted by Gasteiger charge is 2.46. The molecule has 0 unspecified atom stereocenters. The summed E-state index contributed by atoms with van der Waals surface area (Å²) in [5.74, 6) is -0.0945. The predicted molar refractivity (Wildman–Crippen MR) is 125 cm³/mol. The van der Waals surface area contributed by atoms with Crippen LogP contribution in [0.3, 0.4) is 0 Å². The standard InChI is InChI=1S/C24H23ClN4O2S/c25-17-8-6-15(7-9-17)10-19-24(31)29-13-18(11-21(29)23(30)28-19)26-12-22-27-20(14-32-22)16-4-2-1-3-5-16/h1-9,14,18-19,21,26H,10-13H2,(H,28,30)/t18-,19-,21-/m0/s1. The van der Waals surface area contributed by atoms with Crippen molar-refractivity contribution in [1.29, 1.82) is 0 Å². The highest BCUT2D eigenvalue weighted by Crippen LogP contribution is 2.26. The number of amides is 2. The summed E-state index contributed by atoms with van der Waals surface area (Å²) in [6.45, 7) is 1.15. The zero-order valence-electron chi connectivity index (χ0n) is 17.3. The molecule has 8 heteroatoms. The van der Waals surface area contributed by atoms with Gasteiger partial charge in [-0.1, -0.05) is 54.1 Å². The molecule has 2 N–H and O–H groups in total. The summed E-state index contributed by atoms with van der Waals surface area (Å²) in [6, 6.07) is 16.6. The SMILES string of the molecule is O=C1N[C@@H](Cc2ccc(Cl)cc2)C(=O)N2C[C@@H](NCc3nc(-c4ccccc4)cs3)C[C@@H]12. The Bertz CT molecular complexity index is 1120. The van der Waals surface area contributed by atoms with Gasteiger partial charge in [-0.3, -0.25) is 9.59 Å². The molecule has 5 rings (SSSR count). The molecule has 3 heterocycles. The molecular formula is C24H23ClN4O2S. The molecule has 3 atom stereocenters. The number of hydrogen-bond donors (Lipinski definition) is 2. The highest BCUT2D eigenvalue weighted by molar-refractivity contribution is 7.09. The molecule has 0 aliphatic carbocycles. The van der Waals surface area contributed by atoms with Gasteiger partial charge in [0.15, 0.2) is 0 Å². The van der Waals surface area contributed by atoms with Crippen LogP contribution >= 0.6 is 22.9 Å². The average Bonchev–Trinajstić information content (AvgIpc) is 3.46. The van der Waals surface area contributed by atoms with Gasteiger partial charge in [0.2, 0.25) is 11.8 Å². The van der Waals surface area contributed by atoms with E-state index in [4.69, 9.17) is 16.6 Å². The lowest BCUT2D eigenvalue weighted by atomic mass is 10.0. The molecule has 2 saturated heterocycles. The molecule has 1 aromatic heterocycles. The lowest BCUT2D eigenvalue weighted by Crippen LogP contribution is -2.61. The summed E-state index contributed by atoms with van der Waals surface area (Å²) >= 11 is 7.56. The third-order valence-electron chi connectivity index (χ3n) is 6.02. The molecule has 0 spiro atoms. The van der Waals surface area contributed by atoms with E-state index in [0.29, 0.717) is 31.0 Å². The van der Waals surface area contributed by atoms with Gasteiger partial charge in [0, 0.05) is 41.5 Å². The smallest absolute Gasteiger partial charge is 0.246 e. The number of piperazine rings is 1. The van der Waals surface area contributed by atoms with Crippen LogP contribution < -0.4 is 10.6 Å². The van der Waals surface area contributed by atoms with Crippen LogP contribution in [0.2, 0.25) is 5.02 Å². The third kappa shape index (κ3) is 4.41. The maximum atomic E-state index is 13.1. The lowest BCUT2D eigenvalue weighted by Gasteiger charge is -2.34. The van der Waals surface area contributed by atoms with Crippen LogP contribution in [0.25, 0.3) is 11.3 Å². The summed E-state index contributed by atoms with van der Waals surface area (Å²) in [5, 5.41) is 10.1. The number of hydrogen-bond acceptors (Lipinski definition) is 5. The largest absolute Gasteiger partial charge is 0.342 e. The normalized spacial score (nSPS) is 22.7. The number of benzene rings is 2. The van der Waals surface area contributed by atoms with Crippen molar-refractivity contribution < 1.29 is 9.59 Å². The van der Waals surface area contributed by atoms with E-state index in [2.05, 4.69) is 16.0 Å². The van der Waals surface area contributed by atoms with Gasteiger partial charge < -0.3 is 15.5 Å². The number of nitrogens with one attached hydrogen (secondary N) is 2. The maximum absolute atomic E-state index is 13.1. The van der Waals surface area contributed by atoms with Crippen LogP contribution in [0.1, 0.15) is 17.0 Å². The van der Waals surface area contributed by atoms with Gasteiger partial charge in [0.25, 0.3) is 0 Å². The number of nitrogens with zero attached hydrogens (tertiary/aromatic N) is 2. The maximum Gasteiger partial charge on any atom is 0.246 e. The van der Waals surface area contributed by atoms with Crippen molar-refractivity contribution in [2.75, 3.05) is 6.54 Å². The van der Waals surface area contributed by atoms with Crippen LogP contribution in [-0.2, 0) is 22.6 Å². The van der Waals surface area contributed by atoms with Gasteiger partial charge in [-0.25, -0.2) is 4.98 Å². The summed E-state index contributed by atoms with van der Waals surface area (Å²) in [5.41, 5.74) is 3.04. The number of rotatable bonds is 6. The first-order valence-corrected chi connectivity index (χ1v) is 11.9. The van der Waals surface area contributed by atoms with Crippen molar-refractivity contribution in [2.24, 2.45) is 0 Å². The predicted octanol–water partition coefficient (Wildman–Crippen LogP) is 3.26. The molecule has 2 aliphatic rings. The molecule has 0 radical (unpaired) electrons. The Morgan fingerprint density at radius 2 is 1.91 bits per heavy atom. The van der Waals surface area contributed by atoms with Gasteiger partial charge in [-0.05, 0) is 24.1 Å². The average molecular weight is 467 g/mol. The molecule has 2 aromatic carbocycles. The zero-order valence-corrected chi connectivity index (χ0v) is 18.9. The number of aromatic nitrogens is 1. The lowest BCUT2D eigenvalue weighted by molar-refractivity contribution is -0.147. The quantitative estimate of drug-likeness (QED) is 0.584. The summed E-state index contributed by atoms with van der Waals surface area (Å²) in [6.07, 6.45) is 1.08. The van der Waals surface area contributed by atoms with E-state index < -0.39 is 12.1 Å². The molecule has 164 valence electrons. The molecule has 0 bridgehead atoms. The number of carbonyl (C=O) groups excluding carboxylic acids is 2. The van der Waals surface area contributed by atoms with E-state index in [1.807, 2.05) is 42.5 Å². The van der Waals surface area contributed by atoms with Gasteiger partial charge in [-0.15, -0.1) is 11.3 Å². The number of thiazole rings is 1. The van der Waals surface area contributed by atoms with Gasteiger partial charge in [-0.2, -0.15) is 0 Å². The third-order valence-corrected chi connectivity index (χ3v) is 7.12. The summed E-state index contributed by atoms with van der Waals surface area (Å²) in [7, 11) is 0. The van der Waals surface area contributed by atoms with Gasteiger partial charge >= 0.3 is 0 Å². The Hall–Kier alpha value is -2.74. The van der Waals surface area contributed by atoms with Crippen LogP contribution in [0, 0.1) is 0 Å². The Balaban J connectivity index is 1.19. The van der Waals surface area contributed by atoms with Gasteiger partial charge in [0.1, 0.15) is 17.1 Å². The molecule has 2 aliphatic heterocycles. The Morgan fingerprint density at radius 1 is 1.12 bits per heavy atom. The fourth-order valence-electron chi connectivity index (χ4n) is 4.37. The van der Waals surface area contributed by atoms with Crippen LogP contribution in [0.4, 0.5) is 0 Å². The first kappa shape index (κ1) is 21.1. The first-order chi connectivity index (χ1) is 15.6. The van der Waals surface area contributed by atoms with Crippen LogP contribution in [0.5, 0.6) is 0 Å². The van der Waals surface area contributed by atoms with E-state index in [1.54, 1.807) is 28.4 Å². The molecule has 2 fully saturated rings. The molecule has 2 amide bonds. The second-order valence-electron chi connectivity index (χ2n) is 8.20. The minimum absolute atomic E-state index is 0.0190. The van der Waals surface area contributed by atoms with E-state index in [-0.39, 0.29) is 17.9 Å². The first-order valence-electron chi connectivity index (χ1n) is 10.7. The second kappa shape index (κ2) is 9.02. The van der Waals surface area contributed by atoms with E-state index >= 15 is 0 Å². The topological polar surface area (TPSA) is 74.3 Å². The summed E-state index contributed by atoms with van der Waals surface area (Å²) in [4.78, 5) is 32.2. The second-order valence-corrected chi connectivity index (χ2v) is 9.58. The van der Waals surface area contributed by atoms with E-state index in [1.165, 1.54) is 0 Å². The zero-order chi connectivity index (χ0) is 22.1. The van der Waals surface area contributed by atoms with Crippen molar-refractivity contribution in [3.63, 3.8) is 0 Å². The fourth-order valence-corrected chi connectivity index (χ4v) is 5.25. The number of fused-ring (bicyclic) bond motifs is 1. The molecule has 6 nitrogen and oxygen atoms in total. The van der Waals surface area contributed by atoms with Crippen molar-refractivity contribution >= 4 is 34.8 Å². The van der Waals surface area contributed by atoms with E-state index in [0.717, 1.165) is 21.8 Å². The Kier molecular flexibility index (Phi) is 5.95. The van der Waals surface area contributed by atoms with Crippen LogP contribution in [-0.4, -0.2) is 46.4 Å². The molecule has 0 saturated carbocycles. The van der Waals surface area contributed by atoms with Crippen LogP contribution in [0.15, 0.2) is 60.0 Å². The highest BCUT2D eigenvalue weighted by atomic mass is 35.5. The Labute approximate surface area is 195 Å². The van der Waals surface area contributed by atoms with Gasteiger partial charge in [0.05, 0.1) is 5.69 Å². The fraction of sp³-hybridized carbons (Fsp3) is 0.292. The van der Waals surface area contributed by atoms with Crippen molar-refractivity contribution in [3.8, 4) is 11.3 Å². The summed E-state index contributed by atoms with van der Waals surface area (Å²) < 4.78 is 0.